The van der Waals surface area contributed by atoms with E-state index in [2.05, 4.69) is 10.1 Å². The minimum atomic E-state index is -0.380. The second-order valence-electron chi connectivity index (χ2n) is 5.60. The summed E-state index contributed by atoms with van der Waals surface area (Å²) >= 11 is 0. The predicted molar refractivity (Wildman–Crippen MR) is 68.7 cm³/mol. The zero-order chi connectivity index (χ0) is 13.0. The smallest absolute Gasteiger partial charge is 0.399 e. The first-order chi connectivity index (χ1) is 8.41. The molecule has 2 aromatic rings. The highest BCUT2D eigenvalue weighted by Crippen LogP contribution is 2.36. The Balaban J connectivity index is 2.03. The lowest BCUT2D eigenvalue weighted by molar-refractivity contribution is 0.00578. The van der Waals surface area contributed by atoms with E-state index in [1.807, 2.05) is 33.8 Å². The molecule has 1 saturated heterocycles. The van der Waals surface area contributed by atoms with Crippen LogP contribution >= 0.6 is 0 Å². The van der Waals surface area contributed by atoms with Crippen molar-refractivity contribution in [3.8, 4) is 0 Å². The van der Waals surface area contributed by atoms with Crippen LogP contribution in [0.2, 0.25) is 0 Å². The lowest BCUT2D eigenvalue weighted by Gasteiger charge is -2.32. The second kappa shape index (κ2) is 3.55. The molecule has 3 rings (SSSR count). The van der Waals surface area contributed by atoms with Gasteiger partial charge in [-0.15, -0.1) is 0 Å². The van der Waals surface area contributed by atoms with Crippen molar-refractivity contribution in [3.63, 3.8) is 0 Å². The highest BCUT2D eigenvalue weighted by atomic mass is 16.7. The maximum Gasteiger partial charge on any atom is 0.498 e. The number of hydrogen-bond acceptors (Lipinski definition) is 4. The monoisotopic (exact) mass is 245 g/mol. The summed E-state index contributed by atoms with van der Waals surface area (Å²) in [5.74, 6) is 0. The number of fused-ring (bicyclic) bond motifs is 1. The Bertz CT molecular complexity index is 578. The van der Waals surface area contributed by atoms with Crippen molar-refractivity contribution in [1.29, 1.82) is 0 Å². The van der Waals surface area contributed by atoms with Crippen molar-refractivity contribution < 1.29 is 9.31 Å². The van der Waals surface area contributed by atoms with Gasteiger partial charge in [-0.25, -0.2) is 9.50 Å². The van der Waals surface area contributed by atoms with Crippen LogP contribution in [0.4, 0.5) is 0 Å². The molecule has 3 heterocycles. The van der Waals surface area contributed by atoms with Crippen molar-refractivity contribution in [2.24, 2.45) is 0 Å². The van der Waals surface area contributed by atoms with E-state index >= 15 is 0 Å². The van der Waals surface area contributed by atoms with Gasteiger partial charge in [0.25, 0.3) is 0 Å². The summed E-state index contributed by atoms with van der Waals surface area (Å²) < 4.78 is 13.8. The lowest BCUT2D eigenvalue weighted by atomic mass is 9.80. The van der Waals surface area contributed by atoms with Gasteiger partial charge in [0.2, 0.25) is 0 Å². The van der Waals surface area contributed by atoms with Crippen LogP contribution in [0.1, 0.15) is 27.7 Å². The highest BCUT2D eigenvalue weighted by molar-refractivity contribution is 6.64. The minimum absolute atomic E-state index is 0.334. The predicted octanol–water partition coefficient (Wildman–Crippen LogP) is 1.03. The van der Waals surface area contributed by atoms with Crippen LogP contribution in [0.15, 0.2) is 24.8 Å². The van der Waals surface area contributed by atoms with E-state index in [9.17, 15) is 0 Å². The number of rotatable bonds is 1. The molecule has 1 aliphatic heterocycles. The van der Waals surface area contributed by atoms with Crippen molar-refractivity contribution in [3.05, 3.63) is 24.8 Å². The molecule has 0 bridgehead atoms. The van der Waals surface area contributed by atoms with Gasteiger partial charge in [0, 0.05) is 17.9 Å². The molecule has 1 aliphatic rings. The van der Waals surface area contributed by atoms with Crippen LogP contribution in [0, 0.1) is 0 Å². The van der Waals surface area contributed by atoms with Gasteiger partial charge in [0.05, 0.1) is 16.7 Å². The summed E-state index contributed by atoms with van der Waals surface area (Å²) in [4.78, 5) is 4.03. The average Bonchev–Trinajstić information content (AvgIpc) is 2.78. The molecular formula is C12H16BN3O2. The topological polar surface area (TPSA) is 48.7 Å². The van der Waals surface area contributed by atoms with Crippen LogP contribution in [-0.4, -0.2) is 32.9 Å². The molecule has 0 atom stereocenters. The maximum absolute atomic E-state index is 6.02. The van der Waals surface area contributed by atoms with Crippen LogP contribution in [0.3, 0.4) is 0 Å². The first-order valence-electron chi connectivity index (χ1n) is 6.04. The standard InChI is InChI=1S/C12H16BN3O2/c1-11(2)12(3,4)18-13(17-11)9-7-15-16-8-14-6-5-10(9)16/h5-8H,1-4H3. The SMILES string of the molecule is CC1(C)OB(c2cnn3cnccc23)OC1(C)C. The van der Waals surface area contributed by atoms with E-state index in [0.29, 0.717) is 0 Å². The van der Waals surface area contributed by atoms with Crippen LogP contribution in [0.25, 0.3) is 5.52 Å². The Labute approximate surface area is 106 Å². The van der Waals surface area contributed by atoms with Gasteiger partial charge in [-0.3, -0.25) is 0 Å². The zero-order valence-corrected chi connectivity index (χ0v) is 11.0. The zero-order valence-electron chi connectivity index (χ0n) is 11.0. The third kappa shape index (κ3) is 1.56. The average molecular weight is 245 g/mol. The largest absolute Gasteiger partial charge is 0.498 e. The third-order valence-electron chi connectivity index (χ3n) is 3.87. The van der Waals surface area contributed by atoms with Gasteiger partial charge in [0.1, 0.15) is 6.33 Å². The van der Waals surface area contributed by atoms with Crippen LogP contribution < -0.4 is 5.46 Å². The van der Waals surface area contributed by atoms with E-state index in [1.54, 1.807) is 23.2 Å². The van der Waals surface area contributed by atoms with Gasteiger partial charge in [-0.05, 0) is 33.8 Å². The van der Waals surface area contributed by atoms with Gasteiger partial charge < -0.3 is 9.31 Å². The molecule has 6 heteroatoms. The fraction of sp³-hybridized carbons (Fsp3) is 0.500. The van der Waals surface area contributed by atoms with Crippen molar-refractivity contribution in [2.45, 2.75) is 38.9 Å². The fourth-order valence-corrected chi connectivity index (χ4v) is 2.02. The van der Waals surface area contributed by atoms with Gasteiger partial charge in [-0.1, -0.05) is 0 Å². The molecule has 1 fully saturated rings. The molecular weight excluding hydrogens is 229 g/mol. The van der Waals surface area contributed by atoms with Crippen LogP contribution in [0.5, 0.6) is 0 Å². The third-order valence-corrected chi connectivity index (χ3v) is 3.87. The molecule has 2 aromatic heterocycles. The first kappa shape index (κ1) is 11.7. The molecule has 0 saturated carbocycles. The van der Waals surface area contributed by atoms with Gasteiger partial charge >= 0.3 is 7.12 Å². The Hall–Kier alpha value is -1.40. The Morgan fingerprint density at radius 2 is 1.83 bits per heavy atom. The molecule has 0 aliphatic carbocycles. The van der Waals surface area contributed by atoms with E-state index in [4.69, 9.17) is 9.31 Å². The highest BCUT2D eigenvalue weighted by Gasteiger charge is 2.52. The summed E-state index contributed by atoms with van der Waals surface area (Å²) in [6, 6.07) is 1.91. The molecule has 0 spiro atoms. The van der Waals surface area contributed by atoms with E-state index in [1.165, 1.54) is 0 Å². The summed E-state index contributed by atoms with van der Waals surface area (Å²) in [5.41, 5.74) is 1.23. The van der Waals surface area contributed by atoms with Crippen molar-refractivity contribution in [2.75, 3.05) is 0 Å². The molecule has 5 nitrogen and oxygen atoms in total. The Morgan fingerprint density at radius 1 is 1.17 bits per heavy atom. The van der Waals surface area contributed by atoms with Crippen LogP contribution in [-0.2, 0) is 9.31 Å². The summed E-state index contributed by atoms with van der Waals surface area (Å²) in [7, 11) is -0.380. The molecule has 0 radical (unpaired) electrons. The molecule has 18 heavy (non-hydrogen) atoms. The molecule has 0 amide bonds. The molecule has 0 N–H and O–H groups in total. The minimum Gasteiger partial charge on any atom is -0.399 e. The normalized spacial score (nSPS) is 21.7. The number of hydrogen-bond donors (Lipinski definition) is 0. The second-order valence-corrected chi connectivity index (χ2v) is 5.60. The van der Waals surface area contributed by atoms with E-state index in [0.717, 1.165) is 11.0 Å². The van der Waals surface area contributed by atoms with Gasteiger partial charge in [-0.2, -0.15) is 5.10 Å². The molecule has 94 valence electrons. The Morgan fingerprint density at radius 3 is 2.50 bits per heavy atom. The Kier molecular flexibility index (Phi) is 2.31. The number of nitrogens with zero attached hydrogens (tertiary/aromatic N) is 3. The summed E-state index contributed by atoms with van der Waals surface area (Å²) in [5, 5.41) is 4.25. The van der Waals surface area contributed by atoms with Crippen molar-refractivity contribution >= 4 is 18.1 Å². The van der Waals surface area contributed by atoms with Gasteiger partial charge in [0.15, 0.2) is 0 Å². The first-order valence-corrected chi connectivity index (χ1v) is 6.04. The molecule has 0 unspecified atom stereocenters. The van der Waals surface area contributed by atoms with Crippen molar-refractivity contribution in [1.82, 2.24) is 14.6 Å². The quantitative estimate of drug-likeness (QED) is 0.704. The molecule has 0 aromatic carbocycles. The van der Waals surface area contributed by atoms with E-state index < -0.39 is 0 Å². The summed E-state index contributed by atoms with van der Waals surface area (Å²) in [6.45, 7) is 8.17. The maximum atomic E-state index is 6.02. The summed E-state index contributed by atoms with van der Waals surface area (Å²) in [6.07, 6.45) is 5.19. The fourth-order valence-electron chi connectivity index (χ4n) is 2.02. The lowest BCUT2D eigenvalue weighted by Crippen LogP contribution is -2.41. The number of aromatic nitrogens is 3. The van der Waals surface area contributed by atoms with E-state index in [-0.39, 0.29) is 18.3 Å².